The summed E-state index contributed by atoms with van der Waals surface area (Å²) in [6.45, 7) is 13.7. The summed E-state index contributed by atoms with van der Waals surface area (Å²) in [5.74, 6) is 0.717. The average molecular weight is 255 g/mol. The summed E-state index contributed by atoms with van der Waals surface area (Å²) >= 11 is 0. The van der Waals surface area contributed by atoms with E-state index in [1.54, 1.807) is 0 Å². The van der Waals surface area contributed by atoms with Gasteiger partial charge in [0.25, 0.3) is 0 Å². The van der Waals surface area contributed by atoms with Gasteiger partial charge in [-0.3, -0.25) is 9.69 Å². The number of nitrogens with zero attached hydrogens (tertiary/aromatic N) is 2. The van der Waals surface area contributed by atoms with Crippen molar-refractivity contribution in [3.63, 3.8) is 0 Å². The third-order valence-corrected chi connectivity index (χ3v) is 3.71. The van der Waals surface area contributed by atoms with Crippen LogP contribution >= 0.6 is 0 Å². The molecule has 1 unspecified atom stereocenters. The minimum absolute atomic E-state index is 0.0683. The van der Waals surface area contributed by atoms with Crippen molar-refractivity contribution in [1.29, 1.82) is 0 Å². The Balaban J connectivity index is 2.45. The minimum atomic E-state index is 0.0683. The third-order valence-electron chi connectivity index (χ3n) is 3.71. The van der Waals surface area contributed by atoms with Crippen LogP contribution in [-0.2, 0) is 4.79 Å². The molecule has 0 aliphatic carbocycles. The Hall–Kier alpha value is -0.610. The van der Waals surface area contributed by atoms with Crippen LogP contribution in [0.3, 0.4) is 0 Å². The van der Waals surface area contributed by atoms with Crippen LogP contribution in [0.2, 0.25) is 0 Å². The highest BCUT2D eigenvalue weighted by Gasteiger charge is 2.22. The lowest BCUT2D eigenvalue weighted by Gasteiger charge is -2.36. The standard InChI is InChI=1S/C14H29N3O/c1-11(2)13(15-14(18)12(3)4)10-17-8-6-16(5)7-9-17/h11-13H,6-10H2,1-5H3,(H,15,18). The zero-order valence-electron chi connectivity index (χ0n) is 12.6. The summed E-state index contributed by atoms with van der Waals surface area (Å²) in [6, 6.07) is 0.267. The van der Waals surface area contributed by atoms with E-state index < -0.39 is 0 Å². The highest BCUT2D eigenvalue weighted by atomic mass is 16.1. The predicted molar refractivity (Wildman–Crippen MR) is 75.5 cm³/mol. The van der Waals surface area contributed by atoms with Crippen molar-refractivity contribution in [2.45, 2.75) is 33.7 Å². The lowest BCUT2D eigenvalue weighted by atomic mass is 10.0. The first-order chi connectivity index (χ1) is 8.40. The summed E-state index contributed by atoms with van der Waals surface area (Å²) in [5, 5.41) is 3.18. The van der Waals surface area contributed by atoms with Gasteiger partial charge in [0.1, 0.15) is 0 Å². The Kier molecular flexibility index (Phi) is 6.09. The number of piperazine rings is 1. The fourth-order valence-corrected chi connectivity index (χ4v) is 2.08. The molecular formula is C14H29N3O. The lowest BCUT2D eigenvalue weighted by molar-refractivity contribution is -0.125. The Morgan fingerprint density at radius 1 is 1.11 bits per heavy atom. The molecule has 1 aliphatic heterocycles. The van der Waals surface area contributed by atoms with Gasteiger partial charge in [0.05, 0.1) is 0 Å². The second-order valence-corrected chi connectivity index (χ2v) is 6.12. The fraction of sp³-hybridized carbons (Fsp3) is 0.929. The van der Waals surface area contributed by atoms with Crippen LogP contribution in [-0.4, -0.2) is 61.5 Å². The molecule has 18 heavy (non-hydrogen) atoms. The maximum absolute atomic E-state index is 11.8. The molecule has 0 radical (unpaired) electrons. The number of carbonyl (C=O) groups is 1. The molecule has 0 bridgehead atoms. The second kappa shape index (κ2) is 7.10. The fourth-order valence-electron chi connectivity index (χ4n) is 2.08. The molecule has 1 atom stereocenters. The van der Waals surface area contributed by atoms with Crippen molar-refractivity contribution < 1.29 is 4.79 Å². The summed E-state index contributed by atoms with van der Waals surface area (Å²) in [6.07, 6.45) is 0. The molecule has 0 spiro atoms. The number of carbonyl (C=O) groups excluding carboxylic acids is 1. The summed E-state index contributed by atoms with van der Waals surface area (Å²) in [5.41, 5.74) is 0. The number of hydrogen-bond acceptors (Lipinski definition) is 3. The van der Waals surface area contributed by atoms with Crippen molar-refractivity contribution in [2.24, 2.45) is 11.8 Å². The van der Waals surface area contributed by atoms with Crippen LogP contribution in [0.1, 0.15) is 27.7 Å². The number of hydrogen-bond donors (Lipinski definition) is 1. The molecule has 0 saturated carbocycles. The summed E-state index contributed by atoms with van der Waals surface area (Å²) in [7, 11) is 2.16. The molecule has 1 N–H and O–H groups in total. The smallest absolute Gasteiger partial charge is 0.222 e. The first kappa shape index (κ1) is 15.4. The van der Waals surface area contributed by atoms with Gasteiger partial charge in [-0.05, 0) is 13.0 Å². The van der Waals surface area contributed by atoms with Crippen LogP contribution in [0.5, 0.6) is 0 Å². The van der Waals surface area contributed by atoms with E-state index in [1.165, 1.54) is 0 Å². The monoisotopic (exact) mass is 255 g/mol. The zero-order valence-corrected chi connectivity index (χ0v) is 12.6. The zero-order chi connectivity index (χ0) is 13.7. The van der Waals surface area contributed by atoms with E-state index in [1.807, 2.05) is 13.8 Å². The van der Waals surface area contributed by atoms with Crippen molar-refractivity contribution >= 4 is 5.91 Å². The van der Waals surface area contributed by atoms with E-state index in [0.717, 1.165) is 32.7 Å². The Labute approximate surface area is 112 Å². The normalized spacial score (nSPS) is 20.4. The van der Waals surface area contributed by atoms with Crippen LogP contribution in [0.15, 0.2) is 0 Å². The SMILES string of the molecule is CC(C)C(=O)NC(CN1CCN(C)CC1)C(C)C. The molecule has 1 rings (SSSR count). The van der Waals surface area contributed by atoms with E-state index >= 15 is 0 Å². The van der Waals surface area contributed by atoms with E-state index in [2.05, 4.69) is 36.0 Å². The molecule has 4 heteroatoms. The summed E-state index contributed by atoms with van der Waals surface area (Å²) in [4.78, 5) is 16.6. The maximum Gasteiger partial charge on any atom is 0.222 e. The van der Waals surface area contributed by atoms with Gasteiger partial charge in [0.2, 0.25) is 5.91 Å². The molecule has 1 aliphatic rings. The topological polar surface area (TPSA) is 35.6 Å². The molecule has 0 aromatic rings. The largest absolute Gasteiger partial charge is 0.352 e. The van der Waals surface area contributed by atoms with Gasteiger partial charge in [-0.1, -0.05) is 27.7 Å². The molecule has 1 fully saturated rings. The van der Waals surface area contributed by atoms with Gasteiger partial charge in [-0.2, -0.15) is 0 Å². The van der Waals surface area contributed by atoms with E-state index in [-0.39, 0.29) is 17.9 Å². The van der Waals surface area contributed by atoms with Crippen molar-refractivity contribution in [1.82, 2.24) is 15.1 Å². The van der Waals surface area contributed by atoms with Crippen LogP contribution < -0.4 is 5.32 Å². The van der Waals surface area contributed by atoms with Crippen LogP contribution in [0.4, 0.5) is 0 Å². The molecule has 106 valence electrons. The van der Waals surface area contributed by atoms with Gasteiger partial charge in [0.15, 0.2) is 0 Å². The Morgan fingerprint density at radius 2 is 1.67 bits per heavy atom. The van der Waals surface area contributed by atoms with E-state index in [9.17, 15) is 4.79 Å². The third kappa shape index (κ3) is 4.94. The predicted octanol–water partition coefficient (Wildman–Crippen LogP) is 1.03. The molecule has 1 amide bonds. The number of nitrogens with one attached hydrogen (secondary N) is 1. The molecular weight excluding hydrogens is 226 g/mol. The molecule has 4 nitrogen and oxygen atoms in total. The average Bonchev–Trinajstić information content (AvgIpc) is 2.30. The van der Waals surface area contributed by atoms with Gasteiger partial charge < -0.3 is 10.2 Å². The maximum atomic E-state index is 11.8. The Morgan fingerprint density at radius 3 is 2.11 bits per heavy atom. The number of likely N-dealkylation sites (N-methyl/N-ethyl adjacent to an activating group) is 1. The van der Waals surface area contributed by atoms with E-state index in [4.69, 9.17) is 0 Å². The minimum Gasteiger partial charge on any atom is -0.352 e. The first-order valence-electron chi connectivity index (χ1n) is 7.11. The lowest BCUT2D eigenvalue weighted by Crippen LogP contribution is -2.52. The van der Waals surface area contributed by atoms with Crippen molar-refractivity contribution in [2.75, 3.05) is 39.8 Å². The number of rotatable bonds is 5. The van der Waals surface area contributed by atoms with Gasteiger partial charge in [-0.15, -0.1) is 0 Å². The van der Waals surface area contributed by atoms with Crippen LogP contribution in [0, 0.1) is 11.8 Å². The van der Waals surface area contributed by atoms with E-state index in [0.29, 0.717) is 5.92 Å². The summed E-state index contributed by atoms with van der Waals surface area (Å²) < 4.78 is 0. The van der Waals surface area contributed by atoms with Gasteiger partial charge in [-0.25, -0.2) is 0 Å². The molecule has 0 aromatic heterocycles. The highest BCUT2D eigenvalue weighted by Crippen LogP contribution is 2.08. The van der Waals surface area contributed by atoms with Crippen molar-refractivity contribution in [3.8, 4) is 0 Å². The van der Waals surface area contributed by atoms with Gasteiger partial charge in [0, 0.05) is 44.7 Å². The molecule has 1 heterocycles. The Bertz CT molecular complexity index is 258. The van der Waals surface area contributed by atoms with Gasteiger partial charge >= 0.3 is 0 Å². The number of amides is 1. The molecule has 1 saturated heterocycles. The second-order valence-electron chi connectivity index (χ2n) is 6.12. The first-order valence-corrected chi connectivity index (χ1v) is 7.11. The quantitative estimate of drug-likeness (QED) is 0.797. The molecule has 0 aromatic carbocycles. The van der Waals surface area contributed by atoms with Crippen molar-refractivity contribution in [3.05, 3.63) is 0 Å². The highest BCUT2D eigenvalue weighted by molar-refractivity contribution is 5.78. The van der Waals surface area contributed by atoms with Crippen LogP contribution in [0.25, 0.3) is 0 Å².